The topological polar surface area (TPSA) is 119 Å². The number of hydrazine groups is 2. The average molecular weight is 570 g/mol. The second kappa shape index (κ2) is 11.8. The molecule has 6 rings (SSSR count). The summed E-state index contributed by atoms with van der Waals surface area (Å²) in [5.74, 6) is 0.237. The number of likely N-dealkylation sites (tertiary alicyclic amines) is 1. The molecule has 4 aromatic rings. The van der Waals surface area contributed by atoms with Gasteiger partial charge in [-0.25, -0.2) is 10.3 Å². The molecule has 2 atom stereocenters. The second-order valence-electron chi connectivity index (χ2n) is 11.0. The lowest BCUT2D eigenvalue weighted by Crippen LogP contribution is -2.39. The van der Waals surface area contributed by atoms with E-state index in [1.165, 1.54) is 0 Å². The first kappa shape index (κ1) is 27.7. The summed E-state index contributed by atoms with van der Waals surface area (Å²) in [4.78, 5) is 30.4. The lowest BCUT2D eigenvalue weighted by molar-refractivity contribution is -0.131. The number of benzene rings is 3. The Morgan fingerprint density at radius 3 is 2.57 bits per heavy atom. The third kappa shape index (κ3) is 5.94. The van der Waals surface area contributed by atoms with Crippen LogP contribution in [0.2, 0.25) is 0 Å². The number of hydrogen-bond donors (Lipinski definition) is 3. The van der Waals surface area contributed by atoms with Gasteiger partial charge >= 0.3 is 5.76 Å². The Labute approximate surface area is 243 Å². The molecule has 1 amide bonds. The number of nitrogens with one attached hydrogen (secondary N) is 2. The minimum Gasteiger partial charge on any atom is -0.408 e. The Morgan fingerprint density at radius 2 is 1.88 bits per heavy atom. The molecule has 42 heavy (non-hydrogen) atoms. The van der Waals surface area contributed by atoms with E-state index in [9.17, 15) is 14.7 Å². The first-order chi connectivity index (χ1) is 20.3. The zero-order valence-electron chi connectivity index (χ0n) is 23.7. The normalized spacial score (nSPS) is 18.1. The summed E-state index contributed by atoms with van der Waals surface area (Å²) in [6.45, 7) is 2.41. The third-order valence-electron chi connectivity index (χ3n) is 7.96. The van der Waals surface area contributed by atoms with E-state index in [1.54, 1.807) is 20.7 Å². The van der Waals surface area contributed by atoms with Crippen molar-refractivity contribution in [3.63, 3.8) is 0 Å². The largest absolute Gasteiger partial charge is 0.420 e. The number of β-amino-alcohol motifs (C(OH)–C–C–N with tert-alkyl or cyclic N) is 1. The van der Waals surface area contributed by atoms with Gasteiger partial charge in [0, 0.05) is 39.3 Å². The van der Waals surface area contributed by atoms with Crippen LogP contribution >= 0.6 is 0 Å². The number of carbonyl (C=O) groups is 1. The zero-order chi connectivity index (χ0) is 29.2. The van der Waals surface area contributed by atoms with Gasteiger partial charge in [-0.15, -0.1) is 10.2 Å². The van der Waals surface area contributed by atoms with Crippen LogP contribution in [-0.4, -0.2) is 76.2 Å². The van der Waals surface area contributed by atoms with E-state index in [1.807, 2.05) is 80.8 Å². The molecule has 218 valence electrons. The molecule has 3 aromatic carbocycles. The molecule has 1 fully saturated rings. The van der Waals surface area contributed by atoms with Gasteiger partial charge in [0.2, 0.25) is 5.91 Å². The Morgan fingerprint density at radius 1 is 1.12 bits per heavy atom. The van der Waals surface area contributed by atoms with Gasteiger partial charge in [0.25, 0.3) is 0 Å². The number of oxazole rings is 1. The van der Waals surface area contributed by atoms with Crippen molar-refractivity contribution in [2.45, 2.75) is 31.5 Å². The van der Waals surface area contributed by atoms with Crippen molar-refractivity contribution in [2.24, 2.45) is 5.10 Å². The molecule has 0 unspecified atom stereocenters. The first-order valence-corrected chi connectivity index (χ1v) is 14.1. The van der Waals surface area contributed by atoms with Crippen LogP contribution in [0.15, 0.2) is 87.1 Å². The van der Waals surface area contributed by atoms with Crippen LogP contribution in [0.4, 0.5) is 0 Å². The average Bonchev–Trinajstić information content (AvgIpc) is 3.70. The summed E-state index contributed by atoms with van der Waals surface area (Å²) < 4.78 is 7.11. The second-order valence-corrected chi connectivity index (χ2v) is 11.0. The summed E-state index contributed by atoms with van der Waals surface area (Å²) in [7, 11) is 3.66. The van der Waals surface area contributed by atoms with Crippen molar-refractivity contribution in [3.05, 3.63) is 106 Å². The van der Waals surface area contributed by atoms with E-state index in [0.717, 1.165) is 35.2 Å². The number of aliphatic hydroxyl groups is 1. The predicted octanol–water partition coefficient (Wildman–Crippen LogP) is 2.07. The van der Waals surface area contributed by atoms with E-state index in [0.29, 0.717) is 36.6 Å². The first-order valence-electron chi connectivity index (χ1n) is 14.1. The van der Waals surface area contributed by atoms with E-state index < -0.39 is 5.76 Å². The molecule has 0 saturated carbocycles. The van der Waals surface area contributed by atoms with Crippen molar-refractivity contribution in [2.75, 3.05) is 33.7 Å². The quantitative estimate of drug-likeness (QED) is 0.281. The van der Waals surface area contributed by atoms with E-state index >= 15 is 0 Å². The summed E-state index contributed by atoms with van der Waals surface area (Å²) in [6, 6.07) is 23.1. The molecule has 11 nitrogen and oxygen atoms in total. The molecule has 11 heteroatoms. The van der Waals surface area contributed by atoms with Gasteiger partial charge in [-0.2, -0.15) is 0 Å². The van der Waals surface area contributed by atoms with Crippen LogP contribution in [0.5, 0.6) is 0 Å². The molecule has 0 aliphatic carbocycles. The highest BCUT2D eigenvalue weighted by molar-refractivity contribution is 5.98. The lowest BCUT2D eigenvalue weighted by atomic mass is 10.0. The molecule has 0 spiro atoms. The highest BCUT2D eigenvalue weighted by atomic mass is 16.4. The Hall–Kier alpha value is -4.45. The Kier molecular flexibility index (Phi) is 7.79. The maximum atomic E-state index is 13.6. The number of hydrogen-bond acceptors (Lipinski definition) is 9. The molecule has 3 heterocycles. The summed E-state index contributed by atoms with van der Waals surface area (Å²) in [5, 5.41) is 15.9. The number of amidine groups is 1. The van der Waals surface area contributed by atoms with E-state index in [2.05, 4.69) is 21.0 Å². The number of hydrazone groups is 1. The van der Waals surface area contributed by atoms with Crippen LogP contribution in [-0.2, 0) is 17.8 Å². The fourth-order valence-corrected chi connectivity index (χ4v) is 5.60. The molecule has 2 aliphatic rings. The fourth-order valence-electron chi connectivity index (χ4n) is 5.60. The minimum absolute atomic E-state index is 0.0282. The molecule has 1 aromatic heterocycles. The van der Waals surface area contributed by atoms with E-state index in [-0.39, 0.29) is 24.5 Å². The number of likely N-dealkylation sites (N-methyl/N-ethyl adjacent to an activating group) is 1. The van der Waals surface area contributed by atoms with Crippen molar-refractivity contribution >= 4 is 22.8 Å². The summed E-state index contributed by atoms with van der Waals surface area (Å²) in [5.41, 5.74) is 10.7. The minimum atomic E-state index is -0.445. The van der Waals surface area contributed by atoms with Crippen LogP contribution in [0, 0.1) is 0 Å². The van der Waals surface area contributed by atoms with Crippen molar-refractivity contribution in [3.8, 4) is 0 Å². The van der Waals surface area contributed by atoms with Gasteiger partial charge in [-0.05, 0) is 35.2 Å². The van der Waals surface area contributed by atoms with Gasteiger partial charge in [0.15, 0.2) is 11.4 Å². The predicted molar refractivity (Wildman–Crippen MR) is 159 cm³/mol. The summed E-state index contributed by atoms with van der Waals surface area (Å²) in [6.07, 6.45) is 0.610. The van der Waals surface area contributed by atoms with Crippen LogP contribution in [0.3, 0.4) is 0 Å². The number of amides is 1. The van der Waals surface area contributed by atoms with Crippen LogP contribution < -0.4 is 16.7 Å². The van der Waals surface area contributed by atoms with Crippen LogP contribution in [0.25, 0.3) is 11.1 Å². The number of nitrogens with zero attached hydrogens (tertiary/aromatic N) is 5. The monoisotopic (exact) mass is 569 g/mol. The number of carbonyl (C=O) groups excluding carboxylic acids is 1. The highest BCUT2D eigenvalue weighted by Gasteiger charge is 2.28. The Balaban J connectivity index is 1.19. The molecule has 2 aliphatic heterocycles. The lowest BCUT2D eigenvalue weighted by Gasteiger charge is -2.32. The highest BCUT2D eigenvalue weighted by Crippen LogP contribution is 2.25. The molecule has 1 saturated heterocycles. The van der Waals surface area contributed by atoms with Crippen molar-refractivity contribution < 1.29 is 14.3 Å². The van der Waals surface area contributed by atoms with Crippen LogP contribution in [0.1, 0.15) is 34.7 Å². The van der Waals surface area contributed by atoms with E-state index in [4.69, 9.17) is 4.42 Å². The SMILES string of the molecule is CN1NN=C(c2ccc(Cn3c(=O)oc4ccc(CC(=O)N(C)[C@H](CN5CC[C@H](O)C5)c5ccccc5)cc43)cc2)N1. The molecular weight excluding hydrogens is 534 g/mol. The molecule has 0 bridgehead atoms. The standard InChI is InChI=1S/C31H35N7O4/c1-35(27(23-6-4-3-5-7-23)20-37-15-14-25(39)19-37)29(40)17-22-10-13-28-26(16-22)38(31(41)42-28)18-21-8-11-24(12-9-21)30-32-34-36(2)33-30/h3-13,16,25,27,34,39H,14-15,17-20H2,1-2H3,(H,32,33)/t25-,27+/m0/s1. The van der Waals surface area contributed by atoms with Crippen molar-refractivity contribution in [1.82, 2.24) is 30.4 Å². The van der Waals surface area contributed by atoms with Gasteiger partial charge in [0.1, 0.15) is 0 Å². The number of rotatable bonds is 9. The number of aromatic nitrogens is 1. The molecule has 3 N–H and O–H groups in total. The van der Waals surface area contributed by atoms with Gasteiger partial charge < -0.3 is 14.4 Å². The number of aliphatic hydroxyl groups excluding tert-OH is 1. The smallest absolute Gasteiger partial charge is 0.408 e. The zero-order valence-corrected chi connectivity index (χ0v) is 23.7. The molecular formula is C31H35N7O4. The van der Waals surface area contributed by atoms with Crippen molar-refractivity contribution in [1.29, 1.82) is 0 Å². The van der Waals surface area contributed by atoms with Gasteiger partial charge in [-0.1, -0.05) is 60.7 Å². The fraction of sp³-hybridized carbons (Fsp3) is 0.323. The third-order valence-corrected chi connectivity index (χ3v) is 7.96. The van der Waals surface area contributed by atoms with Gasteiger partial charge in [-0.3, -0.25) is 19.7 Å². The maximum absolute atomic E-state index is 13.6. The number of fused-ring (bicyclic) bond motifs is 1. The Bertz CT molecular complexity index is 1650. The maximum Gasteiger partial charge on any atom is 0.420 e. The summed E-state index contributed by atoms with van der Waals surface area (Å²) >= 11 is 0. The molecule has 0 radical (unpaired) electrons. The van der Waals surface area contributed by atoms with Gasteiger partial charge in [0.05, 0.1) is 30.6 Å².